The third kappa shape index (κ3) is 15.5. The van der Waals surface area contributed by atoms with Crippen LogP contribution in [0.3, 0.4) is 0 Å². The van der Waals surface area contributed by atoms with E-state index >= 15 is 14.4 Å². The lowest BCUT2D eigenvalue weighted by atomic mass is 9.91. The topological polar surface area (TPSA) is 427 Å². The van der Waals surface area contributed by atoms with Crippen LogP contribution < -0.4 is 55.3 Å². The van der Waals surface area contributed by atoms with E-state index in [0.717, 1.165) is 16.5 Å². The first kappa shape index (κ1) is 57.7. The molecule has 414 valence electrons. The molecule has 18 N–H and O–H groups in total. The van der Waals surface area contributed by atoms with Crippen LogP contribution in [0, 0.1) is 0 Å². The number of primary amides is 2. The summed E-state index contributed by atoms with van der Waals surface area (Å²) in [6.45, 7) is 2.02. The van der Waals surface area contributed by atoms with Gasteiger partial charge in [-0.2, -0.15) is 0 Å². The molecule has 0 spiro atoms. The van der Waals surface area contributed by atoms with E-state index in [-0.39, 0.29) is 70.5 Å². The Morgan fingerprint density at radius 1 is 0.714 bits per heavy atom. The molecule has 4 heterocycles. The zero-order valence-electron chi connectivity index (χ0n) is 42.9. The van der Waals surface area contributed by atoms with Crippen LogP contribution in [-0.2, 0) is 70.7 Å². The van der Waals surface area contributed by atoms with Crippen molar-refractivity contribution in [3.8, 4) is 0 Å². The molecule has 26 nitrogen and oxygen atoms in total. The number of H-pyrrole nitrogens is 2. The number of amides is 9. The second-order valence-corrected chi connectivity index (χ2v) is 19.2. The Bertz CT molecular complexity index is 2800. The predicted octanol–water partition coefficient (Wildman–Crippen LogP) is -1.35. The molecule has 9 amide bonds. The van der Waals surface area contributed by atoms with Crippen LogP contribution in [0.15, 0.2) is 66.0 Å². The van der Waals surface area contributed by atoms with E-state index in [0.29, 0.717) is 54.7 Å². The Morgan fingerprint density at radius 2 is 1.34 bits per heavy atom. The molecule has 26 heteroatoms. The molecule has 2 aliphatic heterocycles. The number of hydrogen-bond acceptors (Lipinski definition) is 12. The van der Waals surface area contributed by atoms with Crippen LogP contribution in [0.25, 0.3) is 10.9 Å². The van der Waals surface area contributed by atoms with E-state index in [1.165, 1.54) is 22.3 Å². The fourth-order valence-electron chi connectivity index (χ4n) is 9.73. The highest BCUT2D eigenvalue weighted by Gasteiger charge is 2.43. The Kier molecular flexibility index (Phi) is 20.5. The van der Waals surface area contributed by atoms with Crippen molar-refractivity contribution in [3.05, 3.63) is 89.1 Å². The standard InChI is InChI=1S/C51H70N16O10/c1-2-3-14-35(65-51(56)77)44(71)63-37(23-42(68)69)45(72)64-38(21-30-24-57-27-59-30)49(76)66-25-29-12-5-4-11-28(29)20-40(66)46(73)62-36(17-10-19-58-50(54)55)48(75)67-26-39-32(31-13-6-7-15-33(31)60-39)22-41(67)47(74)61-34(43(53)70)16-8-9-18-52/h4-7,11-13,15,24,27,34-38,40-41,60H,2-3,8-10,14,16-23,25-26,52H2,1H3,(H2,53,70)(H,57,59)(H,61,74)(H,62,73)(H,63,71)(H,64,72)(H,68,69)(H4,54,55,58)(H3,56,65,77)/t34-,35-,36-,37-,38-,40+,41?/m0/s1. The highest BCUT2D eigenvalue weighted by atomic mass is 16.4. The first-order valence-corrected chi connectivity index (χ1v) is 25.7. The van der Waals surface area contributed by atoms with Gasteiger partial charge >= 0.3 is 12.0 Å². The average Bonchev–Trinajstić information content (AvgIpc) is 4.08. The second-order valence-electron chi connectivity index (χ2n) is 19.2. The number of aromatic nitrogens is 3. The Hall–Kier alpha value is -8.55. The van der Waals surface area contributed by atoms with Crippen LogP contribution in [0.4, 0.5) is 4.79 Å². The molecule has 2 aliphatic rings. The number of carbonyl (C=O) groups is 9. The van der Waals surface area contributed by atoms with Gasteiger partial charge in [-0.25, -0.2) is 9.78 Å². The quantitative estimate of drug-likeness (QED) is 0.0187. The molecule has 4 aromatic rings. The van der Waals surface area contributed by atoms with Crippen LogP contribution in [0.5, 0.6) is 0 Å². The van der Waals surface area contributed by atoms with Gasteiger partial charge in [0.15, 0.2) is 5.96 Å². The summed E-state index contributed by atoms with van der Waals surface area (Å²) in [5.41, 5.74) is 32.0. The van der Waals surface area contributed by atoms with E-state index in [9.17, 15) is 33.9 Å². The maximum absolute atomic E-state index is 15.3. The maximum Gasteiger partial charge on any atom is 0.312 e. The van der Waals surface area contributed by atoms with Crippen molar-refractivity contribution in [1.29, 1.82) is 0 Å². The first-order valence-electron chi connectivity index (χ1n) is 25.7. The SMILES string of the molecule is CCCC[C@H](NC(N)=O)C(=O)N[C@@H](CC(=O)O)C(=O)N[C@@H](Cc1cnc[nH]1)C(=O)N1Cc2ccccc2C[C@@H]1C(=O)N[C@@H](CCCN=C(N)N)C(=O)N1Cc2[nH]c3ccccc3c2CC1C(=O)N[C@@H](CCCCN)C(N)=O. The molecule has 0 radical (unpaired) electrons. The third-order valence-corrected chi connectivity index (χ3v) is 13.7. The summed E-state index contributed by atoms with van der Waals surface area (Å²) in [5, 5.41) is 23.7. The van der Waals surface area contributed by atoms with Gasteiger partial charge in [0.1, 0.15) is 42.3 Å². The minimum absolute atomic E-state index is 0.0334. The van der Waals surface area contributed by atoms with Crippen LogP contribution >= 0.6 is 0 Å². The summed E-state index contributed by atoms with van der Waals surface area (Å²) in [6.07, 6.45) is 4.24. The number of urea groups is 1. The summed E-state index contributed by atoms with van der Waals surface area (Å²) in [7, 11) is 0. The molecular formula is C51H70N16O10. The summed E-state index contributed by atoms with van der Waals surface area (Å²) >= 11 is 0. The van der Waals surface area contributed by atoms with Gasteiger partial charge in [-0.15, -0.1) is 0 Å². The van der Waals surface area contributed by atoms with Gasteiger partial charge < -0.3 is 80.1 Å². The lowest BCUT2D eigenvalue weighted by molar-refractivity contribution is -0.148. The summed E-state index contributed by atoms with van der Waals surface area (Å²) in [4.78, 5) is 141. The molecule has 1 unspecified atom stereocenters. The number of carbonyl (C=O) groups excluding carboxylic acids is 8. The largest absolute Gasteiger partial charge is 0.481 e. The Morgan fingerprint density at radius 3 is 2.00 bits per heavy atom. The molecule has 2 aromatic heterocycles. The number of hydrogen-bond donors (Lipinski definition) is 13. The van der Waals surface area contributed by atoms with Crippen molar-refractivity contribution in [2.24, 2.45) is 33.7 Å². The number of aromatic amines is 2. The summed E-state index contributed by atoms with van der Waals surface area (Å²) in [5.74, 6) is -7.25. The van der Waals surface area contributed by atoms with Crippen LogP contribution in [-0.4, -0.2) is 145 Å². The van der Waals surface area contributed by atoms with E-state index in [1.54, 1.807) is 24.3 Å². The van der Waals surface area contributed by atoms with Crippen molar-refractivity contribution in [1.82, 2.24) is 51.3 Å². The first-order chi connectivity index (χ1) is 36.9. The number of guanidine groups is 1. The number of unbranched alkanes of at least 4 members (excludes halogenated alkanes) is 2. The molecule has 77 heavy (non-hydrogen) atoms. The molecule has 0 aliphatic carbocycles. The smallest absolute Gasteiger partial charge is 0.312 e. The third-order valence-electron chi connectivity index (χ3n) is 13.7. The average molecular weight is 1070 g/mol. The molecule has 0 saturated heterocycles. The van der Waals surface area contributed by atoms with Gasteiger partial charge in [-0.3, -0.25) is 43.3 Å². The molecule has 0 saturated carbocycles. The number of para-hydroxylation sites is 1. The predicted molar refractivity (Wildman–Crippen MR) is 281 cm³/mol. The van der Waals surface area contributed by atoms with Crippen molar-refractivity contribution < 1.29 is 48.3 Å². The fraction of sp³-hybridized carbons (Fsp3) is 0.471. The number of carboxylic acid groups (broad SMARTS) is 1. The fourth-order valence-corrected chi connectivity index (χ4v) is 9.73. The number of aliphatic carboxylic acids is 1. The molecule has 6 rings (SSSR count). The van der Waals surface area contributed by atoms with Gasteiger partial charge in [0.25, 0.3) is 0 Å². The normalized spacial score (nSPS) is 16.8. The number of aliphatic imine (C=N–C) groups is 1. The number of nitrogens with zero attached hydrogens (tertiary/aromatic N) is 4. The van der Waals surface area contributed by atoms with Crippen molar-refractivity contribution in [3.63, 3.8) is 0 Å². The number of imidazole rings is 1. The number of carboxylic acids is 1. The molecule has 0 fully saturated rings. The minimum Gasteiger partial charge on any atom is -0.481 e. The monoisotopic (exact) mass is 1070 g/mol. The van der Waals surface area contributed by atoms with Gasteiger partial charge in [0.2, 0.25) is 41.4 Å². The molecule has 0 bridgehead atoms. The molecule has 7 atom stereocenters. The highest BCUT2D eigenvalue weighted by Crippen LogP contribution is 2.32. The lowest BCUT2D eigenvalue weighted by Crippen LogP contribution is -2.63. The number of nitrogens with one attached hydrogen (secondary N) is 7. The van der Waals surface area contributed by atoms with Crippen molar-refractivity contribution in [2.75, 3.05) is 13.1 Å². The maximum atomic E-state index is 15.3. The zero-order chi connectivity index (χ0) is 55.8. The lowest BCUT2D eigenvalue weighted by Gasteiger charge is -2.40. The molecule has 2 aromatic carbocycles. The number of nitrogens with two attached hydrogens (primary N) is 5. The van der Waals surface area contributed by atoms with E-state index in [2.05, 4.69) is 46.5 Å². The highest BCUT2D eigenvalue weighted by molar-refractivity contribution is 5.99. The van der Waals surface area contributed by atoms with Crippen molar-refractivity contribution in [2.45, 2.75) is 139 Å². The van der Waals surface area contributed by atoms with E-state index in [1.807, 2.05) is 31.2 Å². The number of benzene rings is 2. The van der Waals surface area contributed by atoms with Crippen LogP contribution in [0.2, 0.25) is 0 Å². The van der Waals surface area contributed by atoms with Crippen LogP contribution in [0.1, 0.15) is 92.8 Å². The van der Waals surface area contributed by atoms with Gasteiger partial charge in [0, 0.05) is 60.8 Å². The molecular weight excluding hydrogens is 997 g/mol. The van der Waals surface area contributed by atoms with Gasteiger partial charge in [-0.05, 0) is 67.8 Å². The summed E-state index contributed by atoms with van der Waals surface area (Å²) in [6, 6.07) is 4.14. The second kappa shape index (κ2) is 27.3. The number of rotatable bonds is 27. The van der Waals surface area contributed by atoms with Gasteiger partial charge in [0.05, 0.1) is 19.3 Å². The minimum atomic E-state index is -1.75. The van der Waals surface area contributed by atoms with E-state index < -0.39 is 102 Å². The van der Waals surface area contributed by atoms with E-state index in [4.69, 9.17) is 28.7 Å². The number of fused-ring (bicyclic) bond motifs is 4. The Labute approximate surface area is 443 Å². The van der Waals surface area contributed by atoms with Gasteiger partial charge in [-0.1, -0.05) is 62.2 Å². The van der Waals surface area contributed by atoms with Crippen molar-refractivity contribution >= 4 is 70.2 Å². The Balaban J connectivity index is 1.34. The zero-order valence-corrected chi connectivity index (χ0v) is 42.9. The summed E-state index contributed by atoms with van der Waals surface area (Å²) < 4.78 is 0.